The molecule has 138 valence electrons. The van der Waals surface area contributed by atoms with E-state index in [4.69, 9.17) is 10.4 Å². The normalized spacial score (nSPS) is 11.6. The van der Waals surface area contributed by atoms with Gasteiger partial charge in [0.15, 0.2) is 0 Å². The van der Waals surface area contributed by atoms with E-state index in [1.54, 1.807) is 0 Å². The molecular weight excluding hydrogens is 288 g/mol. The minimum atomic E-state index is 0.350. The van der Waals surface area contributed by atoms with Gasteiger partial charge in [0.25, 0.3) is 0 Å². The first kappa shape index (κ1) is 22.6. The van der Waals surface area contributed by atoms with Crippen LogP contribution < -0.4 is 0 Å². The largest absolute Gasteiger partial charge is 0.396 e. The molecule has 0 heterocycles. The second kappa shape index (κ2) is 21.6. The van der Waals surface area contributed by atoms with E-state index < -0.39 is 0 Å². The summed E-state index contributed by atoms with van der Waals surface area (Å²) in [4.78, 5) is 4.06. The number of rotatable bonds is 19. The van der Waals surface area contributed by atoms with Gasteiger partial charge in [-0.05, 0) is 38.5 Å². The summed E-state index contributed by atoms with van der Waals surface area (Å²) in [6.07, 6.45) is 24.7. The van der Waals surface area contributed by atoms with E-state index >= 15 is 0 Å². The van der Waals surface area contributed by atoms with Crippen LogP contribution in [0.5, 0.6) is 0 Å². The van der Waals surface area contributed by atoms with Crippen LogP contribution in [0.1, 0.15) is 103 Å². The zero-order valence-corrected chi connectivity index (χ0v) is 15.2. The van der Waals surface area contributed by atoms with Gasteiger partial charge in [-0.25, -0.2) is 4.89 Å². The monoisotopic (exact) mass is 328 g/mol. The lowest BCUT2D eigenvalue weighted by Crippen LogP contribution is -1.88. The molecule has 0 rings (SSSR count). The molecule has 3 nitrogen and oxygen atoms in total. The van der Waals surface area contributed by atoms with Gasteiger partial charge in [-0.3, -0.25) is 5.26 Å². The summed E-state index contributed by atoms with van der Waals surface area (Å²) in [7, 11) is 0. The van der Waals surface area contributed by atoms with Crippen LogP contribution in [0.15, 0.2) is 12.2 Å². The predicted octanol–water partition coefficient (Wildman–Crippen LogP) is 6.27. The molecule has 0 aliphatic carbocycles. The molecule has 0 bridgehead atoms. The van der Waals surface area contributed by atoms with Crippen LogP contribution in [0.3, 0.4) is 0 Å². The number of aliphatic hydroxyl groups excluding tert-OH is 1. The molecule has 0 amide bonds. The minimum Gasteiger partial charge on any atom is -0.396 e. The van der Waals surface area contributed by atoms with Crippen LogP contribution >= 0.6 is 0 Å². The van der Waals surface area contributed by atoms with Crippen LogP contribution in [-0.4, -0.2) is 23.6 Å². The number of hydrogen-bond acceptors (Lipinski definition) is 3. The van der Waals surface area contributed by atoms with Gasteiger partial charge < -0.3 is 5.11 Å². The topological polar surface area (TPSA) is 49.7 Å². The summed E-state index contributed by atoms with van der Waals surface area (Å²) >= 11 is 0. The van der Waals surface area contributed by atoms with Crippen LogP contribution in [0, 0.1) is 0 Å². The van der Waals surface area contributed by atoms with E-state index in [-0.39, 0.29) is 0 Å². The summed E-state index contributed by atoms with van der Waals surface area (Å²) in [6, 6.07) is 0. The molecule has 0 saturated heterocycles. The predicted molar refractivity (Wildman–Crippen MR) is 98.7 cm³/mol. The van der Waals surface area contributed by atoms with Crippen molar-refractivity contribution in [1.82, 2.24) is 0 Å². The number of hydrogen-bond donors (Lipinski definition) is 2. The van der Waals surface area contributed by atoms with Crippen molar-refractivity contribution in [2.24, 2.45) is 0 Å². The van der Waals surface area contributed by atoms with Gasteiger partial charge in [0, 0.05) is 6.61 Å². The standard InChI is InChI=1S/C20H40O3/c21-19-17-15-13-11-9-7-5-3-1-2-4-6-8-10-12-14-16-18-20-23-22/h1,3,21-22H,2,4-20H2/b3-1-. The minimum absolute atomic E-state index is 0.350. The maximum Gasteiger partial charge on any atom is 0.0819 e. The fourth-order valence-corrected chi connectivity index (χ4v) is 2.81. The molecule has 0 saturated carbocycles. The molecular formula is C20H40O3. The molecule has 0 aromatic carbocycles. The molecule has 0 fully saturated rings. The highest BCUT2D eigenvalue weighted by Crippen LogP contribution is 2.11. The maximum absolute atomic E-state index is 8.69. The lowest BCUT2D eigenvalue weighted by atomic mass is 10.1. The number of allylic oxidation sites excluding steroid dienone is 2. The van der Waals surface area contributed by atoms with Gasteiger partial charge >= 0.3 is 0 Å². The second-order valence-electron chi connectivity index (χ2n) is 6.56. The molecule has 0 unspecified atom stereocenters. The fraction of sp³-hybridized carbons (Fsp3) is 0.900. The molecule has 0 aliphatic rings. The highest BCUT2D eigenvalue weighted by atomic mass is 17.1. The molecule has 0 spiro atoms. The third-order valence-electron chi connectivity index (χ3n) is 4.30. The molecule has 0 aliphatic heterocycles. The molecule has 0 aromatic heterocycles. The summed E-state index contributed by atoms with van der Waals surface area (Å²) in [6.45, 7) is 0.832. The first-order valence-electron chi connectivity index (χ1n) is 9.94. The van der Waals surface area contributed by atoms with Gasteiger partial charge in [0.05, 0.1) is 6.61 Å². The average Bonchev–Trinajstić information content (AvgIpc) is 2.57. The maximum atomic E-state index is 8.69. The fourth-order valence-electron chi connectivity index (χ4n) is 2.81. The van der Waals surface area contributed by atoms with Crippen molar-refractivity contribution in [3.05, 3.63) is 12.2 Å². The van der Waals surface area contributed by atoms with Gasteiger partial charge in [-0.2, -0.15) is 0 Å². The Morgan fingerprint density at radius 1 is 0.522 bits per heavy atom. The van der Waals surface area contributed by atoms with E-state index in [2.05, 4.69) is 17.0 Å². The SMILES string of the molecule is OCCCCCCCC/C=C\CCCCCCCCCCOO. The van der Waals surface area contributed by atoms with Gasteiger partial charge in [-0.1, -0.05) is 76.4 Å². The smallest absolute Gasteiger partial charge is 0.0819 e. The van der Waals surface area contributed by atoms with Gasteiger partial charge in [0.1, 0.15) is 0 Å². The summed E-state index contributed by atoms with van der Waals surface area (Å²) in [5, 5.41) is 16.9. The summed E-state index contributed by atoms with van der Waals surface area (Å²) in [5.74, 6) is 0. The van der Waals surface area contributed by atoms with Crippen molar-refractivity contribution in [1.29, 1.82) is 0 Å². The molecule has 2 N–H and O–H groups in total. The zero-order chi connectivity index (χ0) is 16.8. The number of unbranched alkanes of at least 4 members (excludes halogenated alkanes) is 14. The van der Waals surface area contributed by atoms with Crippen LogP contribution in [0.25, 0.3) is 0 Å². The van der Waals surface area contributed by atoms with Gasteiger partial charge in [0.2, 0.25) is 0 Å². The Labute approximate surface area is 144 Å². The van der Waals surface area contributed by atoms with Crippen molar-refractivity contribution < 1.29 is 15.3 Å². The number of aliphatic hydroxyl groups is 1. The molecule has 3 heteroatoms. The Hall–Kier alpha value is -0.380. The highest BCUT2D eigenvalue weighted by molar-refractivity contribution is 4.81. The van der Waals surface area contributed by atoms with E-state index in [0.29, 0.717) is 13.2 Å². The molecule has 23 heavy (non-hydrogen) atoms. The first-order valence-corrected chi connectivity index (χ1v) is 9.94. The molecule has 0 radical (unpaired) electrons. The lowest BCUT2D eigenvalue weighted by molar-refractivity contribution is -0.242. The quantitative estimate of drug-likeness (QED) is 0.127. The highest BCUT2D eigenvalue weighted by Gasteiger charge is 1.92. The molecule has 0 atom stereocenters. The Morgan fingerprint density at radius 2 is 0.913 bits per heavy atom. The Bertz CT molecular complexity index is 229. The van der Waals surface area contributed by atoms with E-state index in [1.165, 1.54) is 89.9 Å². The third-order valence-corrected chi connectivity index (χ3v) is 4.30. The second-order valence-corrected chi connectivity index (χ2v) is 6.56. The summed E-state index contributed by atoms with van der Waals surface area (Å²) < 4.78 is 0. The Kier molecular flexibility index (Phi) is 21.3. The van der Waals surface area contributed by atoms with Crippen molar-refractivity contribution in [2.75, 3.05) is 13.2 Å². The Balaban J connectivity index is 3.03. The van der Waals surface area contributed by atoms with Crippen molar-refractivity contribution in [3.8, 4) is 0 Å². The van der Waals surface area contributed by atoms with Gasteiger partial charge in [-0.15, -0.1) is 0 Å². The third kappa shape index (κ3) is 21.6. The zero-order valence-electron chi connectivity index (χ0n) is 15.2. The van der Waals surface area contributed by atoms with Crippen molar-refractivity contribution in [2.45, 2.75) is 103 Å². The van der Waals surface area contributed by atoms with E-state index in [0.717, 1.165) is 12.8 Å². The van der Waals surface area contributed by atoms with Crippen LogP contribution in [0.2, 0.25) is 0 Å². The average molecular weight is 329 g/mol. The van der Waals surface area contributed by atoms with E-state index in [1.807, 2.05) is 0 Å². The Morgan fingerprint density at radius 3 is 1.35 bits per heavy atom. The lowest BCUT2D eigenvalue weighted by Gasteiger charge is -2.01. The van der Waals surface area contributed by atoms with Crippen molar-refractivity contribution in [3.63, 3.8) is 0 Å². The van der Waals surface area contributed by atoms with Crippen LogP contribution in [-0.2, 0) is 4.89 Å². The summed E-state index contributed by atoms with van der Waals surface area (Å²) in [5.41, 5.74) is 0. The first-order chi connectivity index (χ1) is 11.4. The van der Waals surface area contributed by atoms with E-state index in [9.17, 15) is 0 Å². The van der Waals surface area contributed by atoms with Crippen LogP contribution in [0.4, 0.5) is 0 Å². The molecule has 0 aromatic rings. The van der Waals surface area contributed by atoms with Crippen molar-refractivity contribution >= 4 is 0 Å².